The molecule has 0 N–H and O–H groups in total. The predicted octanol–water partition coefficient (Wildman–Crippen LogP) is 7.42. The van der Waals surface area contributed by atoms with Gasteiger partial charge in [0.25, 0.3) is 8.32 Å². The number of benzene rings is 2. The molecule has 0 amide bonds. The molecule has 0 aliphatic carbocycles. The molecular formula is C26H40O2Si2. The van der Waals surface area contributed by atoms with Crippen molar-refractivity contribution in [1.82, 2.24) is 0 Å². The highest BCUT2D eigenvalue weighted by Gasteiger charge is 2.41. The molecule has 2 aromatic carbocycles. The fourth-order valence-electron chi connectivity index (χ4n) is 3.35. The average Bonchev–Trinajstić information content (AvgIpc) is 2.70. The van der Waals surface area contributed by atoms with Crippen LogP contribution in [0.3, 0.4) is 0 Å². The third-order valence-corrected chi connectivity index (χ3v) is 13.3. The lowest BCUT2D eigenvalue weighted by atomic mass is 9.95. The van der Waals surface area contributed by atoms with Gasteiger partial charge in [-0.3, -0.25) is 0 Å². The van der Waals surface area contributed by atoms with Crippen molar-refractivity contribution in [3.63, 3.8) is 0 Å². The van der Waals surface area contributed by atoms with Gasteiger partial charge in [-0.2, -0.15) is 0 Å². The Balaban J connectivity index is 2.37. The monoisotopic (exact) mass is 440 g/mol. The smallest absolute Gasteiger partial charge is 0.276 e. The molecule has 0 spiro atoms. The average molecular weight is 441 g/mol. The maximum absolute atomic E-state index is 6.99. The van der Waals surface area contributed by atoms with E-state index in [1.54, 1.807) is 0 Å². The second-order valence-electron chi connectivity index (χ2n) is 10.2. The second kappa shape index (κ2) is 9.67. The molecule has 2 rings (SSSR count). The van der Waals surface area contributed by atoms with Gasteiger partial charge in [0.15, 0.2) is 8.32 Å². The van der Waals surface area contributed by atoms with E-state index in [0.717, 1.165) is 5.76 Å². The Morgan fingerprint density at radius 3 is 1.83 bits per heavy atom. The van der Waals surface area contributed by atoms with E-state index in [2.05, 4.69) is 128 Å². The van der Waals surface area contributed by atoms with Gasteiger partial charge < -0.3 is 8.85 Å². The molecule has 0 aliphatic heterocycles. The quantitative estimate of drug-likeness (QED) is 0.314. The summed E-state index contributed by atoms with van der Waals surface area (Å²) in [7, 11) is -4.05. The SMILES string of the molecule is C/C=C(/O[Si](C)(C)c1ccccc1)[C@@H](C)C(O[Si](C)(C)C(C)(C)C)c1ccccc1. The first-order valence-corrected chi connectivity index (χ1v) is 16.8. The zero-order valence-electron chi connectivity index (χ0n) is 20.3. The summed E-state index contributed by atoms with van der Waals surface area (Å²) >= 11 is 0. The van der Waals surface area contributed by atoms with Crippen molar-refractivity contribution in [2.24, 2.45) is 5.92 Å². The van der Waals surface area contributed by atoms with Crippen LogP contribution >= 0.6 is 0 Å². The summed E-state index contributed by atoms with van der Waals surface area (Å²) in [6.45, 7) is 20.4. The maximum atomic E-state index is 6.99. The summed E-state index contributed by atoms with van der Waals surface area (Å²) in [6.07, 6.45) is 2.10. The van der Waals surface area contributed by atoms with E-state index < -0.39 is 16.6 Å². The molecule has 0 fully saturated rings. The van der Waals surface area contributed by atoms with Crippen molar-refractivity contribution in [2.45, 2.75) is 71.9 Å². The summed E-state index contributed by atoms with van der Waals surface area (Å²) in [5.41, 5.74) is 1.22. The van der Waals surface area contributed by atoms with E-state index in [0.29, 0.717) is 0 Å². The van der Waals surface area contributed by atoms with Crippen LogP contribution < -0.4 is 5.19 Å². The number of rotatable bonds is 8. The number of hydrogen-bond acceptors (Lipinski definition) is 2. The molecule has 0 radical (unpaired) electrons. The molecule has 2 atom stereocenters. The molecule has 2 aromatic rings. The highest BCUT2D eigenvalue weighted by Crippen LogP contribution is 2.43. The summed E-state index contributed by atoms with van der Waals surface area (Å²) in [4.78, 5) is 0. The third-order valence-electron chi connectivity index (χ3n) is 6.39. The first-order chi connectivity index (χ1) is 13.9. The maximum Gasteiger partial charge on any atom is 0.276 e. The molecule has 30 heavy (non-hydrogen) atoms. The summed E-state index contributed by atoms with van der Waals surface area (Å²) in [5, 5.41) is 1.45. The summed E-state index contributed by atoms with van der Waals surface area (Å²) in [6, 6.07) is 21.3. The molecular weight excluding hydrogens is 400 g/mol. The fraction of sp³-hybridized carbons (Fsp3) is 0.462. The molecule has 2 nitrogen and oxygen atoms in total. The van der Waals surface area contributed by atoms with Gasteiger partial charge in [0, 0.05) is 5.92 Å². The Morgan fingerprint density at radius 2 is 1.37 bits per heavy atom. The van der Waals surface area contributed by atoms with E-state index in [1.165, 1.54) is 10.8 Å². The van der Waals surface area contributed by atoms with E-state index in [9.17, 15) is 0 Å². The molecule has 0 saturated heterocycles. The van der Waals surface area contributed by atoms with Crippen LogP contribution in [0.25, 0.3) is 0 Å². The normalized spacial score (nSPS) is 15.6. The van der Waals surface area contributed by atoms with E-state index in [4.69, 9.17) is 8.85 Å². The third kappa shape index (κ3) is 5.96. The molecule has 1 unspecified atom stereocenters. The van der Waals surface area contributed by atoms with Gasteiger partial charge >= 0.3 is 0 Å². The Kier molecular flexibility index (Phi) is 7.94. The fourth-order valence-corrected chi connectivity index (χ4v) is 6.69. The Labute approximate surface area is 186 Å². The van der Waals surface area contributed by atoms with Crippen molar-refractivity contribution in [1.29, 1.82) is 0 Å². The van der Waals surface area contributed by atoms with E-state index in [1.807, 2.05) is 0 Å². The topological polar surface area (TPSA) is 18.5 Å². The lowest BCUT2D eigenvalue weighted by Gasteiger charge is -2.42. The van der Waals surface area contributed by atoms with Gasteiger partial charge in [-0.1, -0.05) is 94.4 Å². The second-order valence-corrected chi connectivity index (χ2v) is 18.7. The van der Waals surface area contributed by atoms with Crippen molar-refractivity contribution in [3.05, 3.63) is 78.1 Å². The largest absolute Gasteiger partial charge is 0.543 e. The standard InChI is InChI=1S/C26H40O2Si2/c1-10-24(27-29(6,7)23-19-15-12-16-20-23)21(2)25(22-17-13-11-14-18-22)28-30(8,9)26(3,4)5/h10-21,25H,1-9H3/b24-10+/t21-,25?/m1/s1. The zero-order valence-corrected chi connectivity index (χ0v) is 22.3. The number of hydrogen-bond donors (Lipinski definition) is 0. The Morgan fingerprint density at radius 1 is 0.867 bits per heavy atom. The molecule has 0 bridgehead atoms. The summed E-state index contributed by atoms with van der Waals surface area (Å²) in [5.74, 6) is 1.16. The first-order valence-electron chi connectivity index (χ1n) is 11.0. The van der Waals surface area contributed by atoms with Gasteiger partial charge in [-0.05, 0) is 48.9 Å². The molecule has 0 aromatic heterocycles. The predicted molar refractivity (Wildman–Crippen MR) is 135 cm³/mol. The van der Waals surface area contributed by atoms with E-state index in [-0.39, 0.29) is 17.1 Å². The van der Waals surface area contributed by atoms with Crippen molar-refractivity contribution >= 4 is 21.8 Å². The Bertz CT molecular complexity index is 821. The van der Waals surface area contributed by atoms with Gasteiger partial charge in [0.05, 0.1) is 11.9 Å². The molecule has 4 heteroatoms. The van der Waals surface area contributed by atoms with Crippen molar-refractivity contribution in [2.75, 3.05) is 0 Å². The van der Waals surface area contributed by atoms with Crippen molar-refractivity contribution in [3.8, 4) is 0 Å². The van der Waals surface area contributed by atoms with Gasteiger partial charge in [0.1, 0.15) is 0 Å². The molecule has 164 valence electrons. The number of allylic oxidation sites excluding steroid dienone is 1. The minimum atomic E-state index is -2.08. The first kappa shape index (κ1) is 24.6. The van der Waals surface area contributed by atoms with E-state index >= 15 is 0 Å². The minimum Gasteiger partial charge on any atom is -0.543 e. The highest BCUT2D eigenvalue weighted by atomic mass is 28.4. The lowest BCUT2D eigenvalue weighted by Crippen LogP contribution is -2.46. The van der Waals surface area contributed by atoms with Crippen LogP contribution in [0, 0.1) is 5.92 Å². The molecule has 0 saturated carbocycles. The van der Waals surface area contributed by atoms with Crippen LogP contribution in [0.1, 0.15) is 46.3 Å². The van der Waals surface area contributed by atoms with Crippen LogP contribution in [0.4, 0.5) is 0 Å². The van der Waals surface area contributed by atoms with Gasteiger partial charge in [-0.15, -0.1) is 0 Å². The zero-order chi connectivity index (χ0) is 22.6. The van der Waals surface area contributed by atoms with Gasteiger partial charge in [-0.25, -0.2) is 0 Å². The van der Waals surface area contributed by atoms with Crippen LogP contribution in [0.2, 0.25) is 31.2 Å². The summed E-state index contributed by atoms with van der Waals surface area (Å²) < 4.78 is 13.8. The van der Waals surface area contributed by atoms with Crippen LogP contribution in [-0.2, 0) is 8.85 Å². The highest BCUT2D eigenvalue weighted by molar-refractivity contribution is 6.84. The Hall–Kier alpha value is -1.63. The molecule has 0 heterocycles. The van der Waals surface area contributed by atoms with Crippen molar-refractivity contribution < 1.29 is 8.85 Å². The molecule has 0 aliphatic rings. The van der Waals surface area contributed by atoms with Crippen LogP contribution in [0.5, 0.6) is 0 Å². The minimum absolute atomic E-state index is 0.0288. The van der Waals surface area contributed by atoms with Crippen LogP contribution in [0.15, 0.2) is 72.5 Å². The lowest BCUT2D eigenvalue weighted by molar-refractivity contribution is 0.121. The van der Waals surface area contributed by atoms with Crippen LogP contribution in [-0.4, -0.2) is 16.6 Å². The van der Waals surface area contributed by atoms with Gasteiger partial charge in [0.2, 0.25) is 0 Å².